The van der Waals surface area contributed by atoms with Gasteiger partial charge in [0.2, 0.25) is 0 Å². The summed E-state index contributed by atoms with van der Waals surface area (Å²) in [6.07, 6.45) is 16.4. The molecule has 0 aromatic heterocycles. The summed E-state index contributed by atoms with van der Waals surface area (Å²) in [7, 11) is 0. The molecular formula is C32H54. The van der Waals surface area contributed by atoms with Gasteiger partial charge >= 0.3 is 0 Å². The fourth-order valence-electron chi connectivity index (χ4n) is 11.4. The highest BCUT2D eigenvalue weighted by atomic mass is 14.9. The van der Waals surface area contributed by atoms with Crippen molar-refractivity contribution in [1.29, 1.82) is 0 Å². The number of hydrogen-bond donors (Lipinski definition) is 0. The van der Waals surface area contributed by atoms with Gasteiger partial charge in [0, 0.05) is 0 Å². The van der Waals surface area contributed by atoms with Crippen molar-refractivity contribution in [2.24, 2.45) is 62.6 Å². The third-order valence-electron chi connectivity index (χ3n) is 14.1. The molecule has 0 nitrogen and oxygen atoms in total. The molecule has 5 aliphatic rings. The molecule has 5 fully saturated rings. The Bertz CT molecular complexity index is 773. The minimum Gasteiger partial charge on any atom is -0.0996 e. The van der Waals surface area contributed by atoms with Crippen molar-refractivity contribution in [2.45, 2.75) is 126 Å². The summed E-state index contributed by atoms with van der Waals surface area (Å²) in [6.45, 7) is 25.0. The Morgan fingerprint density at radius 1 is 0.812 bits per heavy atom. The largest absolute Gasteiger partial charge is 0.0996 e. The topological polar surface area (TPSA) is 0 Å². The lowest BCUT2D eigenvalue weighted by atomic mass is 9.41. The maximum Gasteiger partial charge on any atom is -0.0198 e. The highest BCUT2D eigenvalue weighted by molar-refractivity contribution is 5.30. The summed E-state index contributed by atoms with van der Waals surface area (Å²) in [5.41, 5.74) is 4.63. The smallest absolute Gasteiger partial charge is 0.0198 e. The van der Waals surface area contributed by atoms with E-state index in [9.17, 15) is 0 Å². The Hall–Kier alpha value is -0.260. The molecule has 0 saturated heterocycles. The van der Waals surface area contributed by atoms with Gasteiger partial charge < -0.3 is 0 Å². The van der Waals surface area contributed by atoms with E-state index in [1.54, 1.807) is 25.7 Å². The Balaban J connectivity index is 1.39. The Morgan fingerprint density at radius 2 is 1.47 bits per heavy atom. The summed E-state index contributed by atoms with van der Waals surface area (Å²) in [5.74, 6) is 5.35. The summed E-state index contributed by atoms with van der Waals surface area (Å²) < 4.78 is 0. The van der Waals surface area contributed by atoms with Gasteiger partial charge in [0.15, 0.2) is 0 Å². The van der Waals surface area contributed by atoms with Crippen LogP contribution in [-0.2, 0) is 0 Å². The third kappa shape index (κ3) is 2.74. The molecule has 5 aliphatic carbocycles. The molecule has 0 aromatic rings. The highest BCUT2D eigenvalue weighted by Gasteiger charge is 2.81. The maximum atomic E-state index is 4.39. The summed E-state index contributed by atoms with van der Waals surface area (Å²) in [5, 5.41) is 0. The van der Waals surface area contributed by atoms with Crippen LogP contribution in [0.4, 0.5) is 0 Å². The first kappa shape index (κ1) is 23.5. The third-order valence-corrected chi connectivity index (χ3v) is 14.1. The van der Waals surface area contributed by atoms with Crippen molar-refractivity contribution in [3.63, 3.8) is 0 Å². The van der Waals surface area contributed by atoms with Gasteiger partial charge in [-0.3, -0.25) is 0 Å². The molecule has 5 rings (SSSR count). The van der Waals surface area contributed by atoms with Gasteiger partial charge in [-0.15, -0.1) is 0 Å². The summed E-state index contributed by atoms with van der Waals surface area (Å²) >= 11 is 0. The lowest BCUT2D eigenvalue weighted by Gasteiger charge is -2.63. The average molecular weight is 439 g/mol. The van der Waals surface area contributed by atoms with E-state index in [1.807, 2.05) is 0 Å². The molecule has 0 unspecified atom stereocenters. The predicted molar refractivity (Wildman–Crippen MR) is 138 cm³/mol. The fraction of sp³-hybridized carbons (Fsp3) is 0.938. The highest BCUT2D eigenvalue weighted by Crippen LogP contribution is 2.89. The van der Waals surface area contributed by atoms with E-state index in [2.05, 4.69) is 62.0 Å². The molecule has 0 heteroatoms. The van der Waals surface area contributed by atoms with Crippen LogP contribution < -0.4 is 0 Å². The standard InChI is InChI=1S/C32H54/c1-21(2)22(3)10-11-23(4)25-15-16-30(9)27-13-12-26-28(6,7)24(5)14-17-31(26)20-32(27,31)19-18-29(25,30)8/h21,23-27H,3,10-20H2,1-2,4-9H3/t23-,24+,25-,26+,27+,29-,30+,31-,32+/m1/s1. The summed E-state index contributed by atoms with van der Waals surface area (Å²) in [4.78, 5) is 0. The quantitative estimate of drug-likeness (QED) is 0.375. The first-order chi connectivity index (χ1) is 14.9. The fourth-order valence-corrected chi connectivity index (χ4v) is 11.4. The molecule has 0 heterocycles. The second-order valence-corrected chi connectivity index (χ2v) is 15.2. The second-order valence-electron chi connectivity index (χ2n) is 15.2. The second kappa shape index (κ2) is 7.13. The van der Waals surface area contributed by atoms with Gasteiger partial charge in [0.25, 0.3) is 0 Å². The van der Waals surface area contributed by atoms with E-state index in [4.69, 9.17) is 0 Å². The van der Waals surface area contributed by atoms with Crippen molar-refractivity contribution in [1.82, 2.24) is 0 Å². The van der Waals surface area contributed by atoms with Crippen molar-refractivity contribution >= 4 is 0 Å². The molecule has 0 aromatic carbocycles. The molecule has 32 heavy (non-hydrogen) atoms. The van der Waals surface area contributed by atoms with E-state index in [0.29, 0.717) is 22.2 Å². The summed E-state index contributed by atoms with van der Waals surface area (Å²) in [6, 6.07) is 0. The normalized spacial score (nSPS) is 51.9. The van der Waals surface area contributed by atoms with Gasteiger partial charge in [-0.2, -0.15) is 0 Å². The molecule has 5 saturated carbocycles. The number of allylic oxidation sites excluding steroid dienone is 1. The van der Waals surface area contributed by atoms with Gasteiger partial charge in [-0.1, -0.05) is 67.5 Å². The van der Waals surface area contributed by atoms with E-state index in [-0.39, 0.29) is 0 Å². The van der Waals surface area contributed by atoms with Crippen LogP contribution in [0.25, 0.3) is 0 Å². The lowest BCUT2D eigenvalue weighted by Crippen LogP contribution is -2.56. The first-order valence-corrected chi connectivity index (χ1v) is 14.5. The van der Waals surface area contributed by atoms with Crippen LogP contribution in [0, 0.1) is 62.6 Å². The van der Waals surface area contributed by atoms with E-state index in [0.717, 1.165) is 40.4 Å². The molecule has 182 valence electrons. The molecular weight excluding hydrogens is 384 g/mol. The minimum atomic E-state index is 0.555. The lowest BCUT2D eigenvalue weighted by molar-refractivity contribution is -0.149. The van der Waals surface area contributed by atoms with E-state index < -0.39 is 0 Å². The Morgan fingerprint density at radius 3 is 2.16 bits per heavy atom. The van der Waals surface area contributed by atoms with Crippen LogP contribution in [0.5, 0.6) is 0 Å². The SMILES string of the molecule is C=C(CC[C@@H](C)[C@H]1CC[C@@]2(C)[C@@H]3CC[C@H]4C(C)(C)[C@@H](C)CC[C@@]45C[C@@]35CC[C@]12C)C(C)C. The zero-order valence-corrected chi connectivity index (χ0v) is 22.9. The van der Waals surface area contributed by atoms with E-state index in [1.165, 1.54) is 50.5 Å². The molecule has 0 radical (unpaired) electrons. The molecule has 0 aliphatic heterocycles. The van der Waals surface area contributed by atoms with Crippen LogP contribution >= 0.6 is 0 Å². The van der Waals surface area contributed by atoms with Gasteiger partial charge in [0.1, 0.15) is 0 Å². The maximum absolute atomic E-state index is 4.39. The van der Waals surface area contributed by atoms with Gasteiger partial charge in [-0.05, 0) is 133 Å². The number of hydrogen-bond acceptors (Lipinski definition) is 0. The molecule has 2 spiro atoms. The minimum absolute atomic E-state index is 0.555. The molecule has 0 amide bonds. The van der Waals surface area contributed by atoms with Crippen LogP contribution in [0.1, 0.15) is 126 Å². The van der Waals surface area contributed by atoms with Crippen LogP contribution in [0.3, 0.4) is 0 Å². The molecule has 0 N–H and O–H groups in total. The van der Waals surface area contributed by atoms with Crippen molar-refractivity contribution in [3.8, 4) is 0 Å². The van der Waals surface area contributed by atoms with Crippen LogP contribution in [0.2, 0.25) is 0 Å². The monoisotopic (exact) mass is 438 g/mol. The molecule has 0 bridgehead atoms. The van der Waals surface area contributed by atoms with Crippen molar-refractivity contribution < 1.29 is 0 Å². The zero-order chi connectivity index (χ0) is 23.3. The first-order valence-electron chi connectivity index (χ1n) is 14.5. The Kier molecular flexibility index (Phi) is 5.23. The molecule has 9 atom stereocenters. The van der Waals surface area contributed by atoms with Crippen LogP contribution in [0.15, 0.2) is 12.2 Å². The number of rotatable bonds is 5. The zero-order valence-electron chi connectivity index (χ0n) is 22.9. The van der Waals surface area contributed by atoms with Crippen molar-refractivity contribution in [2.75, 3.05) is 0 Å². The predicted octanol–water partition coefficient (Wildman–Crippen LogP) is 9.69. The number of fused-ring (bicyclic) bond motifs is 2. The van der Waals surface area contributed by atoms with E-state index >= 15 is 0 Å². The average Bonchev–Trinajstić information content (AvgIpc) is 3.31. The van der Waals surface area contributed by atoms with Crippen molar-refractivity contribution in [3.05, 3.63) is 12.2 Å². The van der Waals surface area contributed by atoms with Gasteiger partial charge in [0.05, 0.1) is 0 Å². The van der Waals surface area contributed by atoms with Gasteiger partial charge in [-0.25, -0.2) is 0 Å². The van der Waals surface area contributed by atoms with Crippen LogP contribution in [-0.4, -0.2) is 0 Å². The Labute approximate surface area is 200 Å².